The van der Waals surface area contributed by atoms with Crippen LogP contribution in [0.15, 0.2) is 48.5 Å². The van der Waals surface area contributed by atoms with Crippen LogP contribution < -0.4 is 0 Å². The smallest absolute Gasteiger partial charge is 0.336 e. The molecule has 1 aliphatic carbocycles. The molecule has 0 saturated carbocycles. The minimum absolute atomic E-state index is 0.0111. The van der Waals surface area contributed by atoms with E-state index < -0.39 is 17.9 Å². The van der Waals surface area contributed by atoms with Gasteiger partial charge in [0.05, 0.1) is 16.7 Å². The number of carbonyl (C=O) groups is 4. The summed E-state index contributed by atoms with van der Waals surface area (Å²) in [6, 6.07) is 10.7. The highest BCUT2D eigenvalue weighted by molar-refractivity contribution is 6.30. The Balaban J connectivity index is 0.000000187. The molecule has 0 saturated heterocycles. The molecule has 0 unspecified atom stereocenters. The first-order valence-corrected chi connectivity index (χ1v) is 7.38. The van der Waals surface area contributed by atoms with E-state index in [9.17, 15) is 19.2 Å². The highest BCUT2D eigenvalue weighted by atomic mass is 16.4. The topological polar surface area (TPSA) is 129 Å². The molecule has 1 aliphatic rings. The molecule has 0 amide bonds. The van der Waals surface area contributed by atoms with Gasteiger partial charge in [-0.05, 0) is 24.6 Å². The Kier molecular flexibility index (Phi) is 5.32. The van der Waals surface area contributed by atoms with Crippen LogP contribution in [0.25, 0.3) is 5.57 Å². The fourth-order valence-electron chi connectivity index (χ4n) is 2.38. The van der Waals surface area contributed by atoms with Gasteiger partial charge in [0, 0.05) is 17.2 Å². The van der Waals surface area contributed by atoms with Crippen LogP contribution in [0.3, 0.4) is 0 Å². The lowest BCUT2D eigenvalue weighted by Crippen LogP contribution is -2.03. The fraction of sp³-hybridized carbons (Fsp3) is 0.0526. The van der Waals surface area contributed by atoms with Crippen LogP contribution in [0.4, 0.5) is 0 Å². The van der Waals surface area contributed by atoms with Crippen LogP contribution >= 0.6 is 0 Å². The maximum Gasteiger partial charge on any atom is 0.336 e. The Bertz CT molecular complexity index is 954. The van der Waals surface area contributed by atoms with Gasteiger partial charge in [-0.1, -0.05) is 30.3 Å². The quantitative estimate of drug-likeness (QED) is 0.773. The van der Waals surface area contributed by atoms with E-state index in [2.05, 4.69) is 0 Å². The number of carbonyl (C=O) groups excluding carboxylic acids is 1. The lowest BCUT2D eigenvalue weighted by atomic mass is 10.1. The summed E-state index contributed by atoms with van der Waals surface area (Å²) in [4.78, 5) is 43.0. The molecular formula is C19H14O7. The first-order valence-electron chi connectivity index (χ1n) is 7.38. The zero-order valence-corrected chi connectivity index (χ0v) is 13.6. The summed E-state index contributed by atoms with van der Waals surface area (Å²) in [6.07, 6.45) is 1.16. The van der Waals surface area contributed by atoms with Crippen molar-refractivity contribution in [3.05, 3.63) is 76.4 Å². The van der Waals surface area contributed by atoms with Gasteiger partial charge < -0.3 is 15.3 Å². The SMILES string of the molecule is Cc1ccc(C(=O)O)cc1C(=O)O.O=C(O)C1=CC(=O)c2ccccc21. The van der Waals surface area contributed by atoms with Crippen molar-refractivity contribution >= 4 is 29.3 Å². The number of aromatic carboxylic acids is 2. The zero-order chi connectivity index (χ0) is 19.4. The number of hydrogen-bond acceptors (Lipinski definition) is 4. The maximum atomic E-state index is 11.2. The van der Waals surface area contributed by atoms with Gasteiger partial charge in [-0.3, -0.25) is 4.79 Å². The number of rotatable bonds is 3. The van der Waals surface area contributed by atoms with Crippen molar-refractivity contribution in [1.29, 1.82) is 0 Å². The van der Waals surface area contributed by atoms with Crippen LogP contribution in [-0.4, -0.2) is 39.0 Å². The molecule has 2 aromatic rings. The monoisotopic (exact) mass is 354 g/mol. The standard InChI is InChI=1S/C10H6O3.C9H8O4/c11-9-5-8(10(12)13)6-3-1-2-4-7(6)9;1-5-2-3-6(8(10)11)4-7(5)9(12)13/h1-5H,(H,12,13);2-4H,1H3,(H,10,11)(H,12,13). The number of allylic oxidation sites excluding steroid dienone is 1. The van der Waals surface area contributed by atoms with Gasteiger partial charge in [-0.2, -0.15) is 0 Å². The van der Waals surface area contributed by atoms with Crippen molar-refractivity contribution in [3.63, 3.8) is 0 Å². The van der Waals surface area contributed by atoms with Crippen molar-refractivity contribution in [1.82, 2.24) is 0 Å². The molecule has 26 heavy (non-hydrogen) atoms. The molecule has 0 bridgehead atoms. The maximum absolute atomic E-state index is 11.2. The van der Waals surface area contributed by atoms with Gasteiger partial charge in [0.25, 0.3) is 0 Å². The molecule has 0 radical (unpaired) electrons. The molecule has 7 heteroatoms. The number of fused-ring (bicyclic) bond motifs is 1. The first-order chi connectivity index (χ1) is 12.2. The van der Waals surface area contributed by atoms with E-state index in [4.69, 9.17) is 15.3 Å². The van der Waals surface area contributed by atoms with Crippen LogP contribution in [0.5, 0.6) is 0 Å². The molecule has 132 valence electrons. The minimum Gasteiger partial charge on any atom is -0.478 e. The van der Waals surface area contributed by atoms with Crippen molar-refractivity contribution in [2.75, 3.05) is 0 Å². The third kappa shape index (κ3) is 3.84. The van der Waals surface area contributed by atoms with Gasteiger partial charge in [0.1, 0.15) is 0 Å². The molecular weight excluding hydrogens is 340 g/mol. The van der Waals surface area contributed by atoms with E-state index in [-0.39, 0.29) is 22.5 Å². The number of carboxylic acids is 3. The number of hydrogen-bond donors (Lipinski definition) is 3. The summed E-state index contributed by atoms with van der Waals surface area (Å²) in [5, 5.41) is 26.0. The molecule has 0 aromatic heterocycles. The first kappa shape index (κ1) is 18.6. The average molecular weight is 354 g/mol. The second-order valence-electron chi connectivity index (χ2n) is 5.41. The molecule has 0 atom stereocenters. The Morgan fingerprint density at radius 1 is 0.808 bits per heavy atom. The Labute approximate surface area is 147 Å². The van der Waals surface area contributed by atoms with Crippen LogP contribution in [0, 0.1) is 6.92 Å². The van der Waals surface area contributed by atoms with E-state index >= 15 is 0 Å². The van der Waals surface area contributed by atoms with Gasteiger partial charge in [-0.25, -0.2) is 14.4 Å². The van der Waals surface area contributed by atoms with Crippen LogP contribution in [-0.2, 0) is 4.79 Å². The Morgan fingerprint density at radius 3 is 1.96 bits per heavy atom. The molecule has 0 spiro atoms. The van der Waals surface area contributed by atoms with E-state index in [1.54, 1.807) is 31.2 Å². The van der Waals surface area contributed by atoms with E-state index in [0.717, 1.165) is 12.1 Å². The third-order valence-electron chi connectivity index (χ3n) is 3.70. The predicted octanol–water partition coefficient (Wildman–Crippen LogP) is 2.74. The predicted molar refractivity (Wildman–Crippen MR) is 91.5 cm³/mol. The van der Waals surface area contributed by atoms with Crippen LogP contribution in [0.1, 0.15) is 42.2 Å². The lowest BCUT2D eigenvalue weighted by Gasteiger charge is -2.01. The largest absolute Gasteiger partial charge is 0.478 e. The number of carboxylic acid groups (broad SMARTS) is 3. The second kappa shape index (κ2) is 7.43. The Morgan fingerprint density at radius 2 is 1.42 bits per heavy atom. The van der Waals surface area contributed by atoms with Crippen molar-refractivity contribution < 1.29 is 34.5 Å². The summed E-state index contributed by atoms with van der Waals surface area (Å²) < 4.78 is 0. The molecule has 0 heterocycles. The lowest BCUT2D eigenvalue weighted by molar-refractivity contribution is -0.130. The molecule has 3 N–H and O–H groups in total. The zero-order valence-electron chi connectivity index (χ0n) is 13.6. The van der Waals surface area contributed by atoms with E-state index in [1.165, 1.54) is 12.1 Å². The summed E-state index contributed by atoms with van der Waals surface area (Å²) in [7, 11) is 0. The number of ketones is 1. The minimum atomic E-state index is -1.12. The van der Waals surface area contributed by atoms with Gasteiger partial charge in [0.15, 0.2) is 5.78 Å². The molecule has 3 rings (SSSR count). The summed E-state index contributed by atoms with van der Waals surface area (Å²) >= 11 is 0. The van der Waals surface area contributed by atoms with Crippen molar-refractivity contribution in [3.8, 4) is 0 Å². The highest BCUT2D eigenvalue weighted by Gasteiger charge is 2.24. The summed E-state index contributed by atoms with van der Waals surface area (Å²) in [6.45, 7) is 1.62. The molecule has 0 fully saturated rings. The van der Waals surface area contributed by atoms with Gasteiger partial charge in [-0.15, -0.1) is 0 Å². The summed E-state index contributed by atoms with van der Waals surface area (Å²) in [5.41, 5.74) is 1.64. The summed E-state index contributed by atoms with van der Waals surface area (Å²) in [5.74, 6) is -3.52. The van der Waals surface area contributed by atoms with Crippen molar-refractivity contribution in [2.45, 2.75) is 6.92 Å². The molecule has 2 aromatic carbocycles. The second-order valence-corrected chi connectivity index (χ2v) is 5.41. The third-order valence-corrected chi connectivity index (χ3v) is 3.70. The number of aliphatic carboxylic acids is 1. The van der Waals surface area contributed by atoms with Crippen LogP contribution in [0.2, 0.25) is 0 Å². The average Bonchev–Trinajstić information content (AvgIpc) is 2.93. The van der Waals surface area contributed by atoms with Crippen molar-refractivity contribution in [2.24, 2.45) is 0 Å². The van der Waals surface area contributed by atoms with E-state index in [1.807, 2.05) is 0 Å². The highest BCUT2D eigenvalue weighted by Crippen LogP contribution is 2.26. The van der Waals surface area contributed by atoms with Gasteiger partial charge >= 0.3 is 17.9 Å². The fourth-order valence-corrected chi connectivity index (χ4v) is 2.38. The molecule has 0 aliphatic heterocycles. The van der Waals surface area contributed by atoms with E-state index in [0.29, 0.717) is 16.7 Å². The molecule has 7 nitrogen and oxygen atoms in total. The number of benzene rings is 2. The Hall–Kier alpha value is -3.74. The number of aryl methyl sites for hydroxylation is 1. The normalized spacial score (nSPS) is 11.7. The van der Waals surface area contributed by atoms with Gasteiger partial charge in [0.2, 0.25) is 0 Å².